The number of amides is 1. The number of carbonyl (C=O) groups excluding carboxylic acids is 1. The monoisotopic (exact) mass is 473 g/mol. The number of nitrogens with zero attached hydrogens (tertiary/aromatic N) is 4. The Morgan fingerprint density at radius 1 is 1.34 bits per heavy atom. The Hall–Kier alpha value is -3.37. The molecule has 0 fully saturated rings. The van der Waals surface area contributed by atoms with E-state index in [9.17, 15) is 14.9 Å². The average Bonchev–Trinajstić information content (AvgIpc) is 3.17. The molecule has 3 aromatic rings. The summed E-state index contributed by atoms with van der Waals surface area (Å²) < 4.78 is 7.74. The van der Waals surface area contributed by atoms with Crippen LogP contribution in [0, 0.1) is 10.1 Å². The van der Waals surface area contributed by atoms with Gasteiger partial charge in [-0.15, -0.1) is 16.8 Å². The van der Waals surface area contributed by atoms with Gasteiger partial charge >= 0.3 is 0 Å². The van der Waals surface area contributed by atoms with Crippen LogP contribution in [-0.2, 0) is 11.3 Å². The molecule has 0 saturated carbocycles. The Kier molecular flexibility index (Phi) is 7.85. The Bertz CT molecular complexity index is 1140. The molecular formula is C21H20ClN5O4S. The lowest BCUT2D eigenvalue weighted by atomic mass is 10.3. The van der Waals surface area contributed by atoms with E-state index in [0.29, 0.717) is 34.0 Å². The highest BCUT2D eigenvalue weighted by atomic mass is 35.5. The number of thioether (sulfide) groups is 1. The van der Waals surface area contributed by atoms with Gasteiger partial charge in [0.15, 0.2) is 17.1 Å². The van der Waals surface area contributed by atoms with Crippen LogP contribution >= 0.6 is 23.4 Å². The first-order valence-corrected chi connectivity index (χ1v) is 10.9. The second kappa shape index (κ2) is 10.8. The molecule has 0 aliphatic carbocycles. The summed E-state index contributed by atoms with van der Waals surface area (Å²) in [7, 11) is 0. The standard InChI is InChI=1S/C21H20ClN5O4S/c1-3-11-26-20(14(2)31-18-10-5-4-9-17(18)22)24-25-21(26)32-13-19(28)23-15-7-6-8-16(12-15)27(29)30/h3-10,12,14H,1,11,13H2,2H3,(H,23,28). The molecule has 0 spiro atoms. The SMILES string of the molecule is C=CCn1c(SCC(=O)Nc2cccc([N+](=O)[O-])c2)nnc1C(C)Oc1ccccc1Cl. The topological polar surface area (TPSA) is 112 Å². The number of para-hydroxylation sites is 1. The molecule has 1 unspecified atom stereocenters. The number of nitro benzene ring substituents is 1. The zero-order valence-corrected chi connectivity index (χ0v) is 18.7. The maximum absolute atomic E-state index is 12.3. The van der Waals surface area contributed by atoms with E-state index in [4.69, 9.17) is 16.3 Å². The van der Waals surface area contributed by atoms with Gasteiger partial charge in [0.1, 0.15) is 5.75 Å². The molecule has 11 heteroatoms. The van der Waals surface area contributed by atoms with E-state index < -0.39 is 11.0 Å². The Morgan fingerprint density at radius 3 is 2.84 bits per heavy atom. The van der Waals surface area contributed by atoms with E-state index in [1.807, 2.05) is 19.1 Å². The second-order valence-corrected chi connectivity index (χ2v) is 7.92. The maximum Gasteiger partial charge on any atom is 0.271 e. The number of allylic oxidation sites excluding steroid dienone is 1. The van der Waals surface area contributed by atoms with Gasteiger partial charge < -0.3 is 10.1 Å². The number of ether oxygens (including phenoxy) is 1. The van der Waals surface area contributed by atoms with E-state index in [1.165, 1.54) is 30.0 Å². The predicted octanol–water partition coefficient (Wildman–Crippen LogP) is 4.90. The van der Waals surface area contributed by atoms with Crippen molar-refractivity contribution >= 4 is 40.6 Å². The molecule has 0 bridgehead atoms. The fourth-order valence-electron chi connectivity index (χ4n) is 2.82. The molecular weight excluding hydrogens is 454 g/mol. The summed E-state index contributed by atoms with van der Waals surface area (Å²) in [6.45, 7) is 6.02. The van der Waals surface area contributed by atoms with Gasteiger partial charge in [-0.25, -0.2) is 0 Å². The average molecular weight is 474 g/mol. The largest absolute Gasteiger partial charge is 0.481 e. The summed E-state index contributed by atoms with van der Waals surface area (Å²) in [5.41, 5.74) is 0.248. The third kappa shape index (κ3) is 5.86. The van der Waals surface area contributed by atoms with Gasteiger partial charge in [-0.1, -0.05) is 47.6 Å². The molecule has 0 saturated heterocycles. The van der Waals surface area contributed by atoms with Gasteiger partial charge in [-0.3, -0.25) is 19.5 Å². The minimum Gasteiger partial charge on any atom is -0.481 e. The number of rotatable bonds is 10. The van der Waals surface area contributed by atoms with Crippen LogP contribution in [0.5, 0.6) is 5.75 Å². The number of nitrogens with one attached hydrogen (secondary N) is 1. The molecule has 2 aromatic carbocycles. The Labute approximate surface area is 193 Å². The number of carbonyl (C=O) groups is 1. The Balaban J connectivity index is 1.68. The van der Waals surface area contributed by atoms with Crippen LogP contribution in [0.4, 0.5) is 11.4 Å². The number of nitro groups is 1. The number of aromatic nitrogens is 3. The van der Waals surface area contributed by atoms with Gasteiger partial charge in [-0.05, 0) is 25.1 Å². The van der Waals surface area contributed by atoms with Crippen molar-refractivity contribution in [2.24, 2.45) is 0 Å². The zero-order valence-electron chi connectivity index (χ0n) is 17.1. The van der Waals surface area contributed by atoms with Crippen molar-refractivity contribution in [1.82, 2.24) is 14.8 Å². The van der Waals surface area contributed by atoms with Crippen molar-refractivity contribution in [2.45, 2.75) is 24.7 Å². The molecule has 1 aromatic heterocycles. The number of non-ortho nitro benzene ring substituents is 1. The minimum absolute atomic E-state index is 0.0394. The highest BCUT2D eigenvalue weighted by molar-refractivity contribution is 7.99. The van der Waals surface area contributed by atoms with Crippen molar-refractivity contribution in [3.8, 4) is 5.75 Å². The summed E-state index contributed by atoms with van der Waals surface area (Å²) >= 11 is 7.36. The number of benzene rings is 2. The van der Waals surface area contributed by atoms with Crippen molar-refractivity contribution in [3.63, 3.8) is 0 Å². The quantitative estimate of drug-likeness (QED) is 0.193. The number of halogens is 1. The first-order valence-electron chi connectivity index (χ1n) is 9.51. The van der Waals surface area contributed by atoms with Crippen LogP contribution in [-0.4, -0.2) is 31.3 Å². The van der Waals surface area contributed by atoms with E-state index in [-0.39, 0.29) is 17.3 Å². The van der Waals surface area contributed by atoms with Crippen LogP contribution in [0.25, 0.3) is 0 Å². The van der Waals surface area contributed by atoms with E-state index in [0.717, 1.165) is 0 Å². The van der Waals surface area contributed by atoms with Gasteiger partial charge in [-0.2, -0.15) is 0 Å². The molecule has 1 amide bonds. The number of hydrogen-bond acceptors (Lipinski definition) is 7. The van der Waals surface area contributed by atoms with Crippen LogP contribution in [0.1, 0.15) is 18.9 Å². The molecule has 0 radical (unpaired) electrons. The highest BCUT2D eigenvalue weighted by Gasteiger charge is 2.20. The van der Waals surface area contributed by atoms with E-state index in [2.05, 4.69) is 22.1 Å². The van der Waals surface area contributed by atoms with Crippen LogP contribution in [0.2, 0.25) is 5.02 Å². The van der Waals surface area contributed by atoms with Gasteiger partial charge in [0.2, 0.25) is 5.91 Å². The summed E-state index contributed by atoms with van der Waals surface area (Å²) in [5.74, 6) is 0.801. The molecule has 9 nitrogen and oxygen atoms in total. The summed E-state index contributed by atoms with van der Waals surface area (Å²) in [6, 6.07) is 12.9. The molecule has 166 valence electrons. The summed E-state index contributed by atoms with van der Waals surface area (Å²) in [5, 5.41) is 22.9. The zero-order chi connectivity index (χ0) is 23.1. The Morgan fingerprint density at radius 2 is 2.12 bits per heavy atom. The number of anilines is 1. The fourth-order valence-corrected chi connectivity index (χ4v) is 3.75. The van der Waals surface area contributed by atoms with Crippen molar-refractivity contribution in [3.05, 3.63) is 82.1 Å². The summed E-state index contributed by atoms with van der Waals surface area (Å²) in [4.78, 5) is 22.7. The lowest BCUT2D eigenvalue weighted by molar-refractivity contribution is -0.384. The third-order valence-corrected chi connectivity index (χ3v) is 5.51. The molecule has 3 rings (SSSR count). The van der Waals surface area contributed by atoms with Gasteiger partial charge in [0, 0.05) is 24.4 Å². The van der Waals surface area contributed by atoms with Gasteiger partial charge in [0.05, 0.1) is 15.7 Å². The third-order valence-electron chi connectivity index (χ3n) is 4.23. The predicted molar refractivity (Wildman–Crippen MR) is 123 cm³/mol. The normalized spacial score (nSPS) is 11.6. The maximum atomic E-state index is 12.3. The van der Waals surface area contributed by atoms with Crippen LogP contribution in [0.3, 0.4) is 0 Å². The number of hydrogen-bond donors (Lipinski definition) is 1. The fraction of sp³-hybridized carbons (Fsp3) is 0.190. The van der Waals surface area contributed by atoms with E-state index >= 15 is 0 Å². The lowest BCUT2D eigenvalue weighted by Crippen LogP contribution is -2.15. The molecule has 0 aliphatic rings. The molecule has 1 heterocycles. The first-order chi connectivity index (χ1) is 15.4. The van der Waals surface area contributed by atoms with Crippen molar-refractivity contribution in [1.29, 1.82) is 0 Å². The van der Waals surface area contributed by atoms with Crippen molar-refractivity contribution < 1.29 is 14.5 Å². The minimum atomic E-state index is -0.518. The summed E-state index contributed by atoms with van der Waals surface area (Å²) in [6.07, 6.45) is 1.25. The van der Waals surface area contributed by atoms with Gasteiger partial charge in [0.25, 0.3) is 5.69 Å². The molecule has 1 atom stereocenters. The molecule has 0 aliphatic heterocycles. The highest BCUT2D eigenvalue weighted by Crippen LogP contribution is 2.29. The second-order valence-electron chi connectivity index (χ2n) is 6.57. The van der Waals surface area contributed by atoms with Crippen LogP contribution in [0.15, 0.2) is 66.3 Å². The lowest BCUT2D eigenvalue weighted by Gasteiger charge is -2.16. The van der Waals surface area contributed by atoms with Crippen LogP contribution < -0.4 is 10.1 Å². The first kappa shape index (κ1) is 23.3. The molecule has 32 heavy (non-hydrogen) atoms. The van der Waals surface area contributed by atoms with Crippen molar-refractivity contribution in [2.75, 3.05) is 11.1 Å². The van der Waals surface area contributed by atoms with E-state index in [1.54, 1.807) is 28.8 Å². The smallest absolute Gasteiger partial charge is 0.271 e. The molecule has 1 N–H and O–H groups in total.